The van der Waals surface area contributed by atoms with Gasteiger partial charge in [-0.25, -0.2) is 15.0 Å². The third kappa shape index (κ3) is 5.07. The zero-order chi connectivity index (χ0) is 23.3. The van der Waals surface area contributed by atoms with Gasteiger partial charge in [-0.2, -0.15) is 0 Å². The van der Waals surface area contributed by atoms with Crippen LogP contribution in [0.2, 0.25) is 0 Å². The molecule has 186 valence electrons. The molecule has 5 heterocycles. The highest BCUT2D eigenvalue weighted by Gasteiger charge is 2.29. The van der Waals surface area contributed by atoms with Gasteiger partial charge in [0.2, 0.25) is 5.91 Å². The Labute approximate surface area is 203 Å². The molecule has 0 bridgehead atoms. The van der Waals surface area contributed by atoms with Crippen molar-refractivity contribution in [3.05, 3.63) is 12.2 Å². The first kappa shape index (κ1) is 23.5. The van der Waals surface area contributed by atoms with Gasteiger partial charge >= 0.3 is 0 Å². The number of carbonyl (C=O) groups is 1. The van der Waals surface area contributed by atoms with Crippen LogP contribution in [0.3, 0.4) is 0 Å². The van der Waals surface area contributed by atoms with Crippen molar-refractivity contribution in [2.75, 3.05) is 37.6 Å². The Kier molecular flexibility index (Phi) is 7.62. The molecule has 0 unspecified atom stereocenters. The molecule has 5 rings (SSSR count). The lowest BCUT2D eigenvalue weighted by Crippen LogP contribution is -2.44. The Hall–Kier alpha value is -2.22. The normalized spacial score (nSPS) is 24.1. The van der Waals surface area contributed by atoms with Gasteiger partial charge < -0.3 is 19.7 Å². The Bertz CT molecular complexity index is 973. The zero-order valence-electron chi connectivity index (χ0n) is 20.8. The maximum absolute atomic E-state index is 13.0. The van der Waals surface area contributed by atoms with Crippen LogP contribution in [0.4, 0.5) is 5.82 Å². The molecule has 2 aromatic rings. The van der Waals surface area contributed by atoms with Crippen molar-refractivity contribution < 1.29 is 4.79 Å². The van der Waals surface area contributed by atoms with Crippen LogP contribution in [0.25, 0.3) is 11.2 Å². The summed E-state index contributed by atoms with van der Waals surface area (Å²) in [5.41, 5.74) is 1.86. The molecule has 0 spiro atoms. The summed E-state index contributed by atoms with van der Waals surface area (Å²) >= 11 is 0. The molecule has 2 aromatic heterocycles. The van der Waals surface area contributed by atoms with E-state index in [4.69, 9.17) is 4.98 Å². The fourth-order valence-electron chi connectivity index (χ4n) is 6.20. The number of fused-ring (bicyclic) bond motifs is 3. The molecule has 2 saturated heterocycles. The molecule has 3 aliphatic heterocycles. The number of amides is 1. The number of hydrogen-bond acceptors (Lipinski definition) is 6. The van der Waals surface area contributed by atoms with E-state index in [1.54, 1.807) is 6.33 Å². The van der Waals surface area contributed by atoms with Crippen LogP contribution in [-0.2, 0) is 17.8 Å². The summed E-state index contributed by atoms with van der Waals surface area (Å²) in [4.78, 5) is 32.1. The van der Waals surface area contributed by atoms with Crippen molar-refractivity contribution in [1.29, 1.82) is 0 Å². The van der Waals surface area contributed by atoms with E-state index in [-0.39, 0.29) is 11.8 Å². The lowest BCUT2D eigenvalue weighted by atomic mass is 9.97. The first-order valence-electron chi connectivity index (χ1n) is 13.7. The van der Waals surface area contributed by atoms with E-state index >= 15 is 0 Å². The van der Waals surface area contributed by atoms with Gasteiger partial charge in [-0.05, 0) is 57.9 Å². The second-order valence-corrected chi connectivity index (χ2v) is 10.4. The molecule has 3 aliphatic rings. The second kappa shape index (κ2) is 11.0. The van der Waals surface area contributed by atoms with Crippen LogP contribution < -0.4 is 10.2 Å². The molecule has 0 saturated carbocycles. The van der Waals surface area contributed by atoms with Crippen molar-refractivity contribution in [2.24, 2.45) is 5.92 Å². The van der Waals surface area contributed by atoms with Crippen molar-refractivity contribution >= 4 is 22.9 Å². The quantitative estimate of drug-likeness (QED) is 0.628. The molecular weight excluding hydrogens is 426 g/mol. The van der Waals surface area contributed by atoms with Crippen molar-refractivity contribution in [1.82, 2.24) is 29.7 Å². The van der Waals surface area contributed by atoms with Gasteiger partial charge in [0.25, 0.3) is 0 Å². The second-order valence-electron chi connectivity index (χ2n) is 10.4. The largest absolute Gasteiger partial charge is 0.356 e. The molecule has 0 aromatic carbocycles. The topological polar surface area (TPSA) is 79.2 Å². The van der Waals surface area contributed by atoms with Crippen molar-refractivity contribution in [3.63, 3.8) is 0 Å². The van der Waals surface area contributed by atoms with Crippen LogP contribution in [0.15, 0.2) is 6.33 Å². The lowest BCUT2D eigenvalue weighted by molar-refractivity contribution is -0.125. The summed E-state index contributed by atoms with van der Waals surface area (Å²) in [7, 11) is 0. The van der Waals surface area contributed by atoms with E-state index in [1.807, 2.05) is 0 Å². The van der Waals surface area contributed by atoms with Gasteiger partial charge in [0.1, 0.15) is 12.2 Å². The maximum Gasteiger partial charge on any atom is 0.224 e. The van der Waals surface area contributed by atoms with E-state index in [0.29, 0.717) is 6.54 Å². The van der Waals surface area contributed by atoms with E-state index < -0.39 is 0 Å². The fraction of sp³-hybridized carbons (Fsp3) is 0.769. The Balaban J connectivity index is 1.18. The molecule has 0 aliphatic carbocycles. The SMILES string of the molecule is CC[C@H]1CCCCN1CCCNC(=O)[C@@H]1CCCN(c2ncnc3c2nc2n3CCCCC2)C1. The molecule has 1 N–H and O–H groups in total. The van der Waals surface area contributed by atoms with Crippen LogP contribution in [-0.4, -0.2) is 69.1 Å². The molecule has 0 radical (unpaired) electrons. The van der Waals surface area contributed by atoms with E-state index in [1.165, 1.54) is 51.5 Å². The molecule has 1 amide bonds. The zero-order valence-corrected chi connectivity index (χ0v) is 20.8. The Morgan fingerprint density at radius 3 is 2.88 bits per heavy atom. The first-order chi connectivity index (χ1) is 16.7. The van der Waals surface area contributed by atoms with E-state index in [0.717, 1.165) is 80.7 Å². The van der Waals surface area contributed by atoms with Gasteiger partial charge in [-0.3, -0.25) is 4.79 Å². The Morgan fingerprint density at radius 2 is 1.97 bits per heavy atom. The molecule has 2 atom stereocenters. The predicted molar refractivity (Wildman–Crippen MR) is 135 cm³/mol. The van der Waals surface area contributed by atoms with Gasteiger partial charge in [0.15, 0.2) is 17.0 Å². The molecule has 2 fully saturated rings. The minimum absolute atomic E-state index is 0.0117. The number of aryl methyl sites for hydroxylation is 2. The van der Waals surface area contributed by atoms with E-state index in [9.17, 15) is 4.79 Å². The van der Waals surface area contributed by atoms with Crippen molar-refractivity contribution in [3.8, 4) is 0 Å². The predicted octanol–water partition coefficient (Wildman–Crippen LogP) is 3.54. The fourth-order valence-corrected chi connectivity index (χ4v) is 6.20. The van der Waals surface area contributed by atoms with Crippen LogP contribution >= 0.6 is 0 Å². The standard InChI is InChI=1S/C26H41N7O/c1-2-21-11-5-7-14-31(21)16-9-13-27-26(34)20-10-8-15-32(18-20)24-23-25(29-19-28-24)33-17-6-3-4-12-22(33)30-23/h19-21H,2-18H2,1H3,(H,27,34)/t20-,21+/m1/s1. The summed E-state index contributed by atoms with van der Waals surface area (Å²) in [5.74, 6) is 2.25. The third-order valence-corrected chi connectivity index (χ3v) is 8.11. The smallest absolute Gasteiger partial charge is 0.224 e. The number of aromatic nitrogens is 4. The summed E-state index contributed by atoms with van der Waals surface area (Å²) in [5, 5.41) is 3.24. The summed E-state index contributed by atoms with van der Waals surface area (Å²) in [6.45, 7) is 8.01. The number of imidazole rings is 1. The highest BCUT2D eigenvalue weighted by Crippen LogP contribution is 2.29. The minimum atomic E-state index is 0.0117. The summed E-state index contributed by atoms with van der Waals surface area (Å²) in [6.07, 6.45) is 14.5. The molecule has 34 heavy (non-hydrogen) atoms. The molecule has 8 heteroatoms. The lowest BCUT2D eigenvalue weighted by Gasteiger charge is -2.35. The Morgan fingerprint density at radius 1 is 1.06 bits per heavy atom. The number of anilines is 1. The number of piperidine rings is 2. The number of nitrogens with one attached hydrogen (secondary N) is 1. The highest BCUT2D eigenvalue weighted by molar-refractivity contribution is 5.85. The maximum atomic E-state index is 13.0. The number of rotatable bonds is 7. The van der Waals surface area contributed by atoms with Gasteiger partial charge in [0, 0.05) is 45.2 Å². The molecular formula is C26H41N7O. The number of nitrogens with zero attached hydrogens (tertiary/aromatic N) is 6. The average molecular weight is 468 g/mol. The van der Waals surface area contributed by atoms with Crippen LogP contribution in [0.5, 0.6) is 0 Å². The third-order valence-electron chi connectivity index (χ3n) is 8.11. The van der Waals surface area contributed by atoms with Gasteiger partial charge in [-0.1, -0.05) is 19.8 Å². The number of carbonyl (C=O) groups excluding carboxylic acids is 1. The van der Waals surface area contributed by atoms with Crippen LogP contribution in [0, 0.1) is 5.92 Å². The number of hydrogen-bond donors (Lipinski definition) is 1. The summed E-state index contributed by atoms with van der Waals surface area (Å²) < 4.78 is 2.28. The monoisotopic (exact) mass is 467 g/mol. The van der Waals surface area contributed by atoms with Crippen LogP contribution in [0.1, 0.15) is 77.0 Å². The molecule has 8 nitrogen and oxygen atoms in total. The average Bonchev–Trinajstić information content (AvgIpc) is 3.07. The summed E-state index contributed by atoms with van der Waals surface area (Å²) in [6, 6.07) is 0.735. The first-order valence-corrected chi connectivity index (χ1v) is 13.7. The van der Waals surface area contributed by atoms with E-state index in [2.05, 4.69) is 36.6 Å². The highest BCUT2D eigenvalue weighted by atomic mass is 16.1. The minimum Gasteiger partial charge on any atom is -0.356 e. The van der Waals surface area contributed by atoms with Crippen molar-refractivity contribution in [2.45, 2.75) is 90.1 Å². The number of likely N-dealkylation sites (tertiary alicyclic amines) is 1. The van der Waals surface area contributed by atoms with Gasteiger partial charge in [-0.15, -0.1) is 0 Å². The van der Waals surface area contributed by atoms with Gasteiger partial charge in [0.05, 0.1) is 5.92 Å².